The second-order valence-electron chi connectivity index (χ2n) is 8.09. The average Bonchev–Trinajstić information content (AvgIpc) is 3.21. The normalized spacial score (nSPS) is 15.1. The molecule has 0 unspecified atom stereocenters. The number of benzene rings is 2. The monoisotopic (exact) mass is 455 g/mol. The molecule has 4 rings (SSSR count). The summed E-state index contributed by atoms with van der Waals surface area (Å²) in [5, 5.41) is 4.21. The van der Waals surface area contributed by atoms with Gasteiger partial charge < -0.3 is 19.5 Å². The summed E-state index contributed by atoms with van der Waals surface area (Å²) in [6.45, 7) is 3.57. The quantitative estimate of drug-likeness (QED) is 0.592. The molecule has 170 valence electrons. The van der Waals surface area contributed by atoms with Crippen molar-refractivity contribution in [2.75, 3.05) is 30.9 Å². The Hall–Kier alpha value is -3.00. The molecule has 1 aliphatic rings. The minimum atomic E-state index is -3.18. The molecule has 7 nitrogen and oxygen atoms in total. The highest BCUT2D eigenvalue weighted by Crippen LogP contribution is 2.24. The average molecular weight is 456 g/mol. The Balaban J connectivity index is 1.31. The Morgan fingerprint density at radius 2 is 1.81 bits per heavy atom. The Kier molecular flexibility index (Phi) is 6.41. The summed E-state index contributed by atoms with van der Waals surface area (Å²) in [4.78, 5) is 15.2. The van der Waals surface area contributed by atoms with Gasteiger partial charge in [-0.25, -0.2) is 8.42 Å². The first-order chi connectivity index (χ1) is 15.4. The fourth-order valence-electron chi connectivity index (χ4n) is 4.18. The lowest BCUT2D eigenvalue weighted by Crippen LogP contribution is -2.45. The summed E-state index contributed by atoms with van der Waals surface area (Å²) in [5.41, 5.74) is 2.02. The second-order valence-corrected chi connectivity index (χ2v) is 10.4. The maximum Gasteiger partial charge on any atom is 0.240 e. The zero-order chi connectivity index (χ0) is 22.7. The summed E-state index contributed by atoms with van der Waals surface area (Å²) < 4.78 is 31.2. The molecule has 1 aliphatic heterocycles. The molecule has 0 bridgehead atoms. The van der Waals surface area contributed by atoms with Crippen molar-refractivity contribution in [3.05, 3.63) is 54.7 Å². The van der Waals surface area contributed by atoms with Gasteiger partial charge in [-0.3, -0.25) is 4.79 Å². The molecule has 1 aromatic heterocycles. The van der Waals surface area contributed by atoms with Crippen LogP contribution in [0.5, 0.6) is 5.75 Å². The van der Waals surface area contributed by atoms with Crippen LogP contribution in [-0.2, 0) is 21.2 Å². The van der Waals surface area contributed by atoms with E-state index in [1.165, 1.54) is 0 Å². The van der Waals surface area contributed by atoms with Crippen molar-refractivity contribution in [2.24, 2.45) is 0 Å². The van der Waals surface area contributed by atoms with Crippen LogP contribution in [0.1, 0.15) is 19.8 Å². The van der Waals surface area contributed by atoms with E-state index in [1.54, 1.807) is 26.2 Å². The number of anilines is 1. The number of methoxy groups -OCH3 is 1. The molecule has 0 spiro atoms. The maximum atomic E-state index is 12.6. The number of piperidine rings is 1. The van der Waals surface area contributed by atoms with E-state index >= 15 is 0 Å². The van der Waals surface area contributed by atoms with Gasteiger partial charge in [-0.05, 0) is 61.4 Å². The number of nitrogens with one attached hydrogen (secondary N) is 1. The fourth-order valence-corrected chi connectivity index (χ4v) is 5.07. The van der Waals surface area contributed by atoms with Gasteiger partial charge in [0.15, 0.2) is 9.84 Å². The third-order valence-electron chi connectivity index (χ3n) is 6.09. The van der Waals surface area contributed by atoms with Gasteiger partial charge in [-0.15, -0.1) is 0 Å². The van der Waals surface area contributed by atoms with E-state index in [2.05, 4.69) is 10.2 Å². The largest absolute Gasteiger partial charge is 0.497 e. The molecule has 3 aromatic rings. The number of amides is 1. The van der Waals surface area contributed by atoms with E-state index in [9.17, 15) is 13.2 Å². The highest BCUT2D eigenvalue weighted by Gasteiger charge is 2.22. The summed E-state index contributed by atoms with van der Waals surface area (Å²) in [6, 6.07) is 15.1. The van der Waals surface area contributed by atoms with Crippen LogP contribution in [0.4, 0.5) is 5.69 Å². The third kappa shape index (κ3) is 4.75. The molecule has 1 fully saturated rings. The van der Waals surface area contributed by atoms with Gasteiger partial charge in [0.2, 0.25) is 5.91 Å². The van der Waals surface area contributed by atoms with Gasteiger partial charge in [0.25, 0.3) is 0 Å². The zero-order valence-electron chi connectivity index (χ0n) is 18.5. The number of hydrogen-bond donors (Lipinski definition) is 1. The third-order valence-corrected chi connectivity index (χ3v) is 7.84. The number of aromatic nitrogens is 1. The van der Waals surface area contributed by atoms with Crippen molar-refractivity contribution in [2.45, 2.75) is 37.2 Å². The maximum absolute atomic E-state index is 12.6. The van der Waals surface area contributed by atoms with Crippen LogP contribution < -0.4 is 15.0 Å². The summed E-state index contributed by atoms with van der Waals surface area (Å²) in [7, 11) is -1.54. The van der Waals surface area contributed by atoms with Gasteiger partial charge in [0.05, 0.1) is 17.8 Å². The predicted molar refractivity (Wildman–Crippen MR) is 126 cm³/mol. The van der Waals surface area contributed by atoms with Crippen LogP contribution in [0.2, 0.25) is 0 Å². The lowest BCUT2D eigenvalue weighted by atomic mass is 10.0. The van der Waals surface area contributed by atoms with Crippen LogP contribution in [0, 0.1) is 0 Å². The molecule has 0 radical (unpaired) electrons. The Morgan fingerprint density at radius 3 is 2.47 bits per heavy atom. The predicted octanol–water partition coefficient (Wildman–Crippen LogP) is 3.23. The SMILES string of the molecule is CCS(=O)(=O)c1ccc(N2CCC(NC(=O)Cn3ccc4cc(OC)ccc43)CC2)cc1. The molecule has 0 atom stereocenters. The minimum absolute atomic E-state index is 0.00546. The molecule has 8 heteroatoms. The van der Waals surface area contributed by atoms with Crippen LogP contribution in [-0.4, -0.2) is 50.9 Å². The van der Waals surface area contributed by atoms with Crippen LogP contribution in [0.3, 0.4) is 0 Å². The van der Waals surface area contributed by atoms with E-state index in [-0.39, 0.29) is 24.2 Å². The van der Waals surface area contributed by atoms with Crippen molar-refractivity contribution < 1.29 is 17.9 Å². The van der Waals surface area contributed by atoms with E-state index in [4.69, 9.17) is 4.74 Å². The summed E-state index contributed by atoms with van der Waals surface area (Å²) >= 11 is 0. The standard InChI is InChI=1S/C24H29N3O4S/c1-3-32(29,30)22-7-4-20(5-8-22)26-14-11-19(12-15-26)25-24(28)17-27-13-10-18-16-21(31-2)6-9-23(18)27/h4-10,13,16,19H,3,11-12,14-15,17H2,1-2H3,(H,25,28). The molecule has 1 N–H and O–H groups in total. The number of hydrogen-bond acceptors (Lipinski definition) is 5. The Morgan fingerprint density at radius 1 is 1.09 bits per heavy atom. The molecular formula is C24H29N3O4S. The van der Waals surface area contributed by atoms with Gasteiger partial charge in [0.1, 0.15) is 12.3 Å². The second kappa shape index (κ2) is 9.24. The number of carbonyl (C=O) groups is 1. The number of rotatable bonds is 7. The molecule has 32 heavy (non-hydrogen) atoms. The fraction of sp³-hybridized carbons (Fsp3) is 0.375. The molecule has 1 saturated heterocycles. The topological polar surface area (TPSA) is 80.6 Å². The van der Waals surface area contributed by atoms with Crippen LogP contribution >= 0.6 is 0 Å². The van der Waals surface area contributed by atoms with Crippen molar-refractivity contribution in [1.29, 1.82) is 0 Å². The zero-order valence-corrected chi connectivity index (χ0v) is 19.3. The lowest BCUT2D eigenvalue weighted by Gasteiger charge is -2.34. The van der Waals surface area contributed by atoms with Crippen molar-refractivity contribution in [3.63, 3.8) is 0 Å². The molecule has 0 aliphatic carbocycles. The highest BCUT2D eigenvalue weighted by molar-refractivity contribution is 7.91. The number of carbonyl (C=O) groups excluding carboxylic acids is 1. The first-order valence-corrected chi connectivity index (χ1v) is 12.5. The number of sulfone groups is 1. The molecular weight excluding hydrogens is 426 g/mol. The summed E-state index contributed by atoms with van der Waals surface area (Å²) in [5.74, 6) is 0.906. The number of fused-ring (bicyclic) bond motifs is 1. The lowest BCUT2D eigenvalue weighted by molar-refractivity contribution is -0.122. The Bertz CT molecular complexity index is 1190. The molecule has 0 saturated carbocycles. The highest BCUT2D eigenvalue weighted by atomic mass is 32.2. The van der Waals surface area contributed by atoms with Crippen LogP contribution in [0.15, 0.2) is 59.6 Å². The van der Waals surface area contributed by atoms with Gasteiger partial charge >= 0.3 is 0 Å². The molecule has 2 aromatic carbocycles. The first kappa shape index (κ1) is 22.2. The molecule has 1 amide bonds. The van der Waals surface area contributed by atoms with Gasteiger partial charge in [0, 0.05) is 41.9 Å². The van der Waals surface area contributed by atoms with Crippen LogP contribution in [0.25, 0.3) is 10.9 Å². The Labute approximate surface area is 188 Å². The number of nitrogens with zero attached hydrogens (tertiary/aromatic N) is 2. The first-order valence-electron chi connectivity index (χ1n) is 10.9. The van der Waals surface area contributed by atoms with E-state index in [0.717, 1.165) is 48.3 Å². The van der Waals surface area contributed by atoms with E-state index in [1.807, 2.05) is 47.2 Å². The van der Waals surface area contributed by atoms with Crippen molar-refractivity contribution >= 4 is 32.3 Å². The number of ether oxygens (including phenoxy) is 1. The van der Waals surface area contributed by atoms with Gasteiger partial charge in [-0.2, -0.15) is 0 Å². The van der Waals surface area contributed by atoms with Gasteiger partial charge in [-0.1, -0.05) is 6.92 Å². The molecule has 2 heterocycles. The summed E-state index contributed by atoms with van der Waals surface area (Å²) in [6.07, 6.45) is 3.63. The van der Waals surface area contributed by atoms with E-state index < -0.39 is 9.84 Å². The minimum Gasteiger partial charge on any atom is -0.497 e. The van der Waals surface area contributed by atoms with Crippen molar-refractivity contribution in [3.8, 4) is 5.75 Å². The smallest absolute Gasteiger partial charge is 0.240 e. The van der Waals surface area contributed by atoms with Crippen molar-refractivity contribution in [1.82, 2.24) is 9.88 Å². The van der Waals surface area contributed by atoms with E-state index in [0.29, 0.717) is 4.90 Å².